The Labute approximate surface area is 599 Å². The minimum absolute atomic E-state index is 0. The Morgan fingerprint density at radius 2 is 0.879 bits per heavy atom. The first-order valence-corrected chi connectivity index (χ1v) is 34.2. The summed E-state index contributed by atoms with van der Waals surface area (Å²) >= 11 is 3.22. The van der Waals surface area contributed by atoms with E-state index in [1.807, 2.05) is 6.92 Å². The first-order valence-electron chi connectivity index (χ1n) is 28.5. The van der Waals surface area contributed by atoms with Crippen molar-refractivity contribution in [2.45, 2.75) is 39.2 Å². The van der Waals surface area contributed by atoms with Crippen LogP contribution in [0, 0.1) is 0 Å². The summed E-state index contributed by atoms with van der Waals surface area (Å²) in [6.45, 7) is 4.88. The second kappa shape index (κ2) is 40.9. The van der Waals surface area contributed by atoms with Gasteiger partial charge in [0.25, 0.3) is 47.3 Å². The van der Waals surface area contributed by atoms with E-state index in [0.29, 0.717) is 24.5 Å². The molecule has 0 radical (unpaired) electrons. The molecule has 0 saturated carbocycles. The number of hydrogen-bond acceptors (Lipinski definition) is 13. The molecule has 8 heterocycles. The summed E-state index contributed by atoms with van der Waals surface area (Å²) in [6.07, 6.45) is 14.3. The number of nitrogens with two attached hydrogens (primary N) is 4. The standard InChI is InChI=1S/C55H64N21O11.C3H8N.2ClH.4H2N.2Pt/c1-10-57-42(77)12-14-60-49(81)36-17-30(23-70(36)3)62-51(83)39-20-32(25-73(39)6)64-52(84)40-21-31(24-74(40)7)63-50(82)38-19-29(22-72(38)5)61-47(79)34(56)11-13-59-48(80)37-18-33(26-71(37)4)65-53(85)43-44(78)35(27-75(43)8)66-55(87)46-67-41(28-76(46)9)68-54(86)45-58-15-16-69(45)2;1-2-3-4;;;;;;;;/h15-28,34,56,78H,10-14H2,1-9H3,(H,57,77)(H,59,80)(H,60,81)(H,61,79)(H,62,83)(H,63,82)(H,64,84)(H,65,85)(H,66,87)(H,68,86);4H,2-3H2,1H3;2*1H;4*1H2;;/q2*-1;;;4*-1;2*+1/p-2. The van der Waals surface area contributed by atoms with Gasteiger partial charge in [-0.15, -0.1) is 0 Å². The van der Waals surface area contributed by atoms with Crippen molar-refractivity contribution < 1.29 is 90.6 Å². The Hall–Kier alpha value is -9.68. The van der Waals surface area contributed by atoms with Gasteiger partial charge in [0.2, 0.25) is 17.6 Å². The number of aryl methyl sites for hydroxylation is 8. The number of rotatable bonds is 24. The van der Waals surface area contributed by atoms with Crippen molar-refractivity contribution >= 4 is 118 Å². The van der Waals surface area contributed by atoms with E-state index in [1.54, 1.807) is 105 Å². The van der Waals surface area contributed by atoms with Gasteiger partial charge in [0, 0.05) is 138 Å². The molecule has 41 heteroatoms. The van der Waals surface area contributed by atoms with Crippen LogP contribution in [0.1, 0.15) is 117 Å². The number of carbonyl (C=O) groups excluding carboxylic acids is 10. The molecule has 0 bridgehead atoms. The van der Waals surface area contributed by atoms with E-state index in [4.69, 9.17) is 11.5 Å². The summed E-state index contributed by atoms with van der Waals surface area (Å²) in [6, 6.07) is 5.86. The zero-order chi connectivity index (χ0) is 70.5. The smallest absolute Gasteiger partial charge is 0.693 e. The summed E-state index contributed by atoms with van der Waals surface area (Å²) in [5.74, 6) is -6.13. The van der Waals surface area contributed by atoms with Crippen LogP contribution in [0.15, 0.2) is 86.1 Å². The van der Waals surface area contributed by atoms with Crippen molar-refractivity contribution in [2.75, 3.05) is 63.4 Å². The SMILES string of the molecule is CCC[NH-].CCNC(=O)CCNC(=O)c1cc(NC(=O)c2cc(NC(=O)c3cc(NC(=O)c4cc(NC(=O)C([NH-])CCNC(=O)c5cc(NC(=O)c6c(O)c(NC(=O)c7nc(NC(=O)c8nccn8C)cn7C)cn6C)cn5C)cn4C)cn3C)cn2C)cn1C.[Cl][Pt].[Cl][Pt].[NH2-].[NH2-].[NH2-].[NH2-]. The Balaban J connectivity index is 0.00000390. The molecule has 10 amide bonds. The van der Waals surface area contributed by atoms with E-state index >= 15 is 0 Å². The Morgan fingerprint density at radius 3 is 1.28 bits per heavy atom. The first kappa shape index (κ1) is 87.3. The van der Waals surface area contributed by atoms with Crippen LogP contribution in [0.2, 0.25) is 0 Å². The van der Waals surface area contributed by atoms with Crippen molar-refractivity contribution in [3.05, 3.63) is 168 Å². The molecule has 8 aromatic heterocycles. The van der Waals surface area contributed by atoms with Gasteiger partial charge < -0.3 is 131 Å². The van der Waals surface area contributed by atoms with Crippen LogP contribution in [0.3, 0.4) is 0 Å². The van der Waals surface area contributed by atoms with Gasteiger partial charge in [0.05, 0.1) is 28.4 Å². The van der Waals surface area contributed by atoms with Crippen molar-refractivity contribution in [2.24, 2.45) is 56.4 Å². The molecule has 0 aliphatic rings. The molecule has 8 rings (SSSR count). The van der Waals surface area contributed by atoms with Crippen LogP contribution in [0.5, 0.6) is 5.75 Å². The summed E-state index contributed by atoms with van der Waals surface area (Å²) in [4.78, 5) is 139. The molecule has 21 N–H and O–H groups in total. The molecule has 1 unspecified atom stereocenters. The fraction of sp³-hybridized carbons (Fsp3) is 0.310. The molecule has 0 fully saturated rings. The monoisotopic (exact) mass is 1780 g/mol. The fourth-order valence-corrected chi connectivity index (χ4v) is 9.16. The predicted molar refractivity (Wildman–Crippen MR) is 370 cm³/mol. The van der Waals surface area contributed by atoms with Gasteiger partial charge in [0.1, 0.15) is 34.2 Å². The molecular weight excluding hydrogens is 1700 g/mol. The van der Waals surface area contributed by atoms with E-state index in [-0.39, 0.29) is 131 Å². The van der Waals surface area contributed by atoms with Crippen molar-refractivity contribution in [1.82, 2.24) is 62.5 Å². The van der Waals surface area contributed by atoms with Gasteiger partial charge in [0.15, 0.2) is 23.1 Å². The number of amides is 10. The number of aromatic hydroxyl groups is 1. The summed E-state index contributed by atoms with van der Waals surface area (Å²) in [5, 5.41) is 37.7. The Kier molecular flexibility index (Phi) is 36.1. The Morgan fingerprint density at radius 1 is 0.485 bits per heavy atom. The van der Waals surface area contributed by atoms with Gasteiger partial charge in [-0.1, -0.05) is 19.4 Å². The van der Waals surface area contributed by atoms with Gasteiger partial charge in [-0.05, 0) is 43.7 Å². The van der Waals surface area contributed by atoms with Crippen molar-refractivity contribution in [3.63, 3.8) is 0 Å². The largest absolute Gasteiger partial charge is 0.693 e. The molecule has 0 aliphatic carbocycles. The molecule has 37 nitrogen and oxygen atoms in total. The van der Waals surface area contributed by atoms with E-state index in [1.165, 1.54) is 118 Å². The minimum Gasteiger partial charge on any atom is -0.693 e. The van der Waals surface area contributed by atoms with Crippen LogP contribution in [0.25, 0.3) is 36.1 Å². The van der Waals surface area contributed by atoms with E-state index < -0.39 is 65.0 Å². The van der Waals surface area contributed by atoms with Crippen LogP contribution >= 0.6 is 18.8 Å². The average Bonchev–Trinajstić information content (AvgIpc) is 1.67. The molecule has 99 heavy (non-hydrogen) atoms. The second-order valence-electron chi connectivity index (χ2n) is 20.9. The molecule has 1 atom stereocenters. The van der Waals surface area contributed by atoms with Gasteiger partial charge in [-0.25, -0.2) is 9.97 Å². The normalized spacial score (nSPS) is 10.4. The third-order valence-corrected chi connectivity index (χ3v) is 13.7. The maximum Gasteiger partial charge on any atom is -0.693 e. The molecule has 0 aromatic carbocycles. The molecule has 8 aromatic rings. The number of nitrogens with zero attached hydrogens (tertiary/aromatic N) is 10. The zero-order valence-electron chi connectivity index (χ0n) is 55.3. The van der Waals surface area contributed by atoms with Crippen LogP contribution in [0.4, 0.5) is 39.9 Å². The number of imidazole rings is 2. The number of aromatic nitrogens is 10. The van der Waals surface area contributed by atoms with Gasteiger partial charge >= 0.3 is 56.4 Å². The summed E-state index contributed by atoms with van der Waals surface area (Å²) in [7, 11) is 21.9. The zero-order valence-corrected chi connectivity index (χ0v) is 61.4. The average molecular weight is 1780 g/mol. The number of nitrogens with one attached hydrogen (secondary N) is 12. The quantitative estimate of drug-likeness (QED) is 0.0270. The maximum absolute atomic E-state index is 13.5. The predicted octanol–water partition coefficient (Wildman–Crippen LogP) is 8.53. The topological polar surface area (TPSA) is 558 Å². The van der Waals surface area contributed by atoms with Crippen LogP contribution < -0.4 is 53.2 Å². The van der Waals surface area contributed by atoms with Crippen molar-refractivity contribution in [1.29, 1.82) is 0 Å². The summed E-state index contributed by atoms with van der Waals surface area (Å²) in [5.41, 5.74) is 16.7. The first-order chi connectivity index (χ1) is 45.2. The molecule has 0 saturated heterocycles. The number of anilines is 7. The number of halogens is 2. The third-order valence-electron chi connectivity index (χ3n) is 13.7. The van der Waals surface area contributed by atoms with Crippen LogP contribution in [-0.2, 0) is 104 Å². The van der Waals surface area contributed by atoms with Crippen LogP contribution in [-0.4, -0.2) is 143 Å². The molecular formula is C58H80Cl2N26O11Pt2-6. The van der Waals surface area contributed by atoms with Gasteiger partial charge in [-0.2, -0.15) is 6.54 Å². The fourth-order valence-electron chi connectivity index (χ4n) is 9.16. The minimum atomic E-state index is -1.35. The number of hydrogen-bond donors (Lipinski definition) is 11. The van der Waals surface area contributed by atoms with Gasteiger partial charge in [-0.3, -0.25) is 47.9 Å². The number of carbonyl (C=O) groups is 10. The maximum atomic E-state index is 13.5. The van der Waals surface area contributed by atoms with E-state index in [9.17, 15) is 53.1 Å². The summed E-state index contributed by atoms with van der Waals surface area (Å²) < 4.78 is 11.6. The third kappa shape index (κ3) is 23.2. The van der Waals surface area contributed by atoms with E-state index in [2.05, 4.69) is 82.0 Å². The van der Waals surface area contributed by atoms with Crippen molar-refractivity contribution in [3.8, 4) is 5.75 Å². The van der Waals surface area contributed by atoms with E-state index in [0.717, 1.165) is 6.42 Å². The Bertz CT molecular complexity index is 4100. The second-order valence-corrected chi connectivity index (χ2v) is 20.9. The molecule has 0 spiro atoms. The molecule has 0 aliphatic heterocycles. The molecule has 548 valence electrons.